The van der Waals surface area contributed by atoms with Crippen molar-refractivity contribution in [2.24, 2.45) is 0 Å². The van der Waals surface area contributed by atoms with Gasteiger partial charge in [-0.05, 0) is 25.1 Å². The van der Waals surface area contributed by atoms with Crippen LogP contribution in [0.2, 0.25) is 5.02 Å². The first-order chi connectivity index (χ1) is 9.00. The molecule has 1 aliphatic rings. The molecule has 0 spiro atoms. The van der Waals surface area contributed by atoms with Gasteiger partial charge in [0, 0.05) is 30.7 Å². The van der Waals surface area contributed by atoms with Crippen LogP contribution in [-0.2, 0) is 0 Å². The molecule has 20 heavy (non-hydrogen) atoms. The Balaban J connectivity index is 0.00000200. The molecule has 1 aromatic rings. The van der Waals surface area contributed by atoms with Crippen LogP contribution in [-0.4, -0.2) is 41.9 Å². The normalized spacial score (nSPS) is 17.4. The van der Waals surface area contributed by atoms with Gasteiger partial charge in [0.1, 0.15) is 5.56 Å². The number of halogens is 2. The van der Waals surface area contributed by atoms with Crippen LogP contribution < -0.4 is 5.32 Å². The highest BCUT2D eigenvalue weighted by molar-refractivity contribution is 6.31. The van der Waals surface area contributed by atoms with Crippen LogP contribution in [0, 0.1) is 10.1 Å². The average molecular weight is 320 g/mol. The molecule has 1 N–H and O–H groups in total. The van der Waals surface area contributed by atoms with Crippen molar-refractivity contribution in [1.29, 1.82) is 0 Å². The summed E-state index contributed by atoms with van der Waals surface area (Å²) in [6.07, 6.45) is 0.851. The Morgan fingerprint density at radius 2 is 2.25 bits per heavy atom. The van der Waals surface area contributed by atoms with Crippen molar-refractivity contribution in [2.45, 2.75) is 12.5 Å². The number of hydrogen-bond acceptors (Lipinski definition) is 4. The second-order valence-corrected chi connectivity index (χ2v) is 4.92. The summed E-state index contributed by atoms with van der Waals surface area (Å²) in [4.78, 5) is 24.3. The standard InChI is InChI=1S/C12H14ClN3O3.ClH/c1-15(9-4-5-14-7-9)12(17)10-3-2-8(13)6-11(10)16(18)19;/h2-3,6,9,14H,4-5,7H2,1H3;1H. The second kappa shape index (κ2) is 6.88. The third kappa shape index (κ3) is 3.39. The molecule has 1 atom stereocenters. The highest BCUT2D eigenvalue weighted by atomic mass is 35.5. The maximum atomic E-state index is 12.3. The van der Waals surface area contributed by atoms with Crippen molar-refractivity contribution in [1.82, 2.24) is 10.2 Å². The minimum atomic E-state index is -0.583. The van der Waals surface area contributed by atoms with Crippen LogP contribution in [0.1, 0.15) is 16.8 Å². The highest BCUT2D eigenvalue weighted by Gasteiger charge is 2.28. The number of carbonyl (C=O) groups is 1. The van der Waals surface area contributed by atoms with Gasteiger partial charge in [-0.15, -0.1) is 12.4 Å². The topological polar surface area (TPSA) is 75.5 Å². The number of nitrogens with one attached hydrogen (secondary N) is 1. The SMILES string of the molecule is CN(C(=O)c1ccc(Cl)cc1[N+](=O)[O-])C1CCNC1.Cl. The van der Waals surface area contributed by atoms with Crippen molar-refractivity contribution in [2.75, 3.05) is 20.1 Å². The van der Waals surface area contributed by atoms with Gasteiger partial charge >= 0.3 is 0 Å². The van der Waals surface area contributed by atoms with Crippen molar-refractivity contribution >= 4 is 35.6 Å². The van der Waals surface area contributed by atoms with Crippen molar-refractivity contribution in [3.63, 3.8) is 0 Å². The van der Waals surface area contributed by atoms with Crippen LogP contribution in [0.5, 0.6) is 0 Å². The molecule has 0 aromatic heterocycles. The van der Waals surface area contributed by atoms with Crippen molar-refractivity contribution in [3.05, 3.63) is 38.9 Å². The van der Waals surface area contributed by atoms with Crippen molar-refractivity contribution in [3.8, 4) is 0 Å². The van der Waals surface area contributed by atoms with Crippen LogP contribution in [0.15, 0.2) is 18.2 Å². The van der Waals surface area contributed by atoms with Gasteiger partial charge in [0.25, 0.3) is 11.6 Å². The summed E-state index contributed by atoms with van der Waals surface area (Å²) in [5.74, 6) is -0.350. The fourth-order valence-electron chi connectivity index (χ4n) is 2.16. The lowest BCUT2D eigenvalue weighted by Gasteiger charge is -2.23. The Labute approximate surface area is 127 Å². The van der Waals surface area contributed by atoms with E-state index in [1.807, 2.05) is 0 Å². The number of carbonyl (C=O) groups excluding carboxylic acids is 1. The summed E-state index contributed by atoms with van der Waals surface area (Å²) in [7, 11) is 1.67. The van der Waals surface area contributed by atoms with Crippen LogP contribution >= 0.6 is 24.0 Å². The minimum absolute atomic E-state index is 0. The molecule has 8 heteroatoms. The van der Waals surface area contributed by atoms with E-state index in [1.165, 1.54) is 18.2 Å². The number of benzene rings is 1. The number of likely N-dealkylation sites (N-methyl/N-ethyl adjacent to an activating group) is 1. The first-order valence-electron chi connectivity index (χ1n) is 5.92. The third-order valence-corrected chi connectivity index (χ3v) is 3.52. The molecule has 1 aliphatic heterocycles. The van der Waals surface area contributed by atoms with Gasteiger partial charge in [-0.25, -0.2) is 0 Å². The molecular formula is C12H15Cl2N3O3. The van der Waals surface area contributed by atoms with E-state index in [1.54, 1.807) is 11.9 Å². The summed E-state index contributed by atoms with van der Waals surface area (Å²) in [5.41, 5.74) is -0.181. The predicted molar refractivity (Wildman–Crippen MR) is 78.7 cm³/mol. The lowest BCUT2D eigenvalue weighted by Crippen LogP contribution is -2.38. The van der Waals surface area contributed by atoms with E-state index in [2.05, 4.69) is 5.32 Å². The number of nitro benzene ring substituents is 1. The summed E-state index contributed by atoms with van der Waals surface area (Å²) >= 11 is 5.73. The zero-order valence-corrected chi connectivity index (χ0v) is 12.4. The zero-order chi connectivity index (χ0) is 14.0. The molecule has 1 aromatic carbocycles. The Morgan fingerprint density at radius 3 is 2.80 bits per heavy atom. The molecule has 2 rings (SSSR count). The van der Waals surface area contributed by atoms with E-state index in [9.17, 15) is 14.9 Å². The maximum absolute atomic E-state index is 12.3. The number of amides is 1. The molecule has 1 unspecified atom stereocenters. The molecule has 0 aliphatic carbocycles. The smallest absolute Gasteiger partial charge is 0.283 e. The number of nitro groups is 1. The van der Waals surface area contributed by atoms with E-state index >= 15 is 0 Å². The molecule has 1 saturated heterocycles. The molecule has 110 valence electrons. The van der Waals surface area contributed by atoms with Crippen LogP contribution in [0.25, 0.3) is 0 Å². The Hall–Kier alpha value is -1.37. The predicted octanol–water partition coefficient (Wildman–Crippen LogP) is 2.10. The van der Waals surface area contributed by atoms with Gasteiger partial charge in [-0.3, -0.25) is 14.9 Å². The van der Waals surface area contributed by atoms with E-state index in [0.717, 1.165) is 13.0 Å². The molecule has 0 saturated carbocycles. The molecule has 1 heterocycles. The van der Waals surface area contributed by atoms with Crippen LogP contribution in [0.3, 0.4) is 0 Å². The Bertz CT molecular complexity index is 519. The lowest BCUT2D eigenvalue weighted by molar-refractivity contribution is -0.385. The molecule has 0 radical (unpaired) electrons. The van der Waals surface area contributed by atoms with Gasteiger partial charge in [0.2, 0.25) is 0 Å². The van der Waals surface area contributed by atoms with E-state index in [4.69, 9.17) is 11.6 Å². The van der Waals surface area contributed by atoms with Gasteiger partial charge in [-0.2, -0.15) is 0 Å². The quantitative estimate of drug-likeness (QED) is 0.683. The van der Waals surface area contributed by atoms with Crippen molar-refractivity contribution < 1.29 is 9.72 Å². The molecule has 0 bridgehead atoms. The van der Waals surface area contributed by atoms with Gasteiger partial charge in [0.15, 0.2) is 0 Å². The molecule has 1 amide bonds. The van der Waals surface area contributed by atoms with Gasteiger partial charge in [-0.1, -0.05) is 11.6 Å². The first kappa shape index (κ1) is 16.7. The number of nitrogens with zero attached hydrogens (tertiary/aromatic N) is 2. The zero-order valence-electron chi connectivity index (χ0n) is 10.8. The largest absolute Gasteiger partial charge is 0.337 e. The first-order valence-corrected chi connectivity index (χ1v) is 6.30. The molecule has 6 nitrogen and oxygen atoms in total. The maximum Gasteiger partial charge on any atom is 0.283 e. The van der Waals surface area contributed by atoms with E-state index in [0.29, 0.717) is 6.54 Å². The summed E-state index contributed by atoms with van der Waals surface area (Å²) in [6.45, 7) is 1.56. The fourth-order valence-corrected chi connectivity index (χ4v) is 2.33. The monoisotopic (exact) mass is 319 g/mol. The summed E-state index contributed by atoms with van der Waals surface area (Å²) in [6, 6.07) is 4.17. The molecular weight excluding hydrogens is 305 g/mol. The number of hydrogen-bond donors (Lipinski definition) is 1. The average Bonchev–Trinajstić information content (AvgIpc) is 2.90. The minimum Gasteiger partial charge on any atom is -0.337 e. The third-order valence-electron chi connectivity index (χ3n) is 3.29. The Kier molecular flexibility index (Phi) is 5.74. The summed E-state index contributed by atoms with van der Waals surface area (Å²) in [5, 5.41) is 14.4. The number of rotatable bonds is 3. The lowest BCUT2D eigenvalue weighted by atomic mass is 10.1. The fraction of sp³-hybridized carbons (Fsp3) is 0.417. The van der Waals surface area contributed by atoms with E-state index in [-0.39, 0.29) is 40.6 Å². The van der Waals surface area contributed by atoms with Gasteiger partial charge in [0.05, 0.1) is 4.92 Å². The van der Waals surface area contributed by atoms with Gasteiger partial charge < -0.3 is 10.2 Å². The summed E-state index contributed by atoms with van der Waals surface area (Å²) < 4.78 is 0. The van der Waals surface area contributed by atoms with Crippen LogP contribution in [0.4, 0.5) is 5.69 Å². The molecule has 1 fully saturated rings. The second-order valence-electron chi connectivity index (χ2n) is 4.48. The highest BCUT2D eigenvalue weighted by Crippen LogP contribution is 2.25. The van der Waals surface area contributed by atoms with E-state index < -0.39 is 4.92 Å². The Morgan fingerprint density at radius 1 is 1.55 bits per heavy atom.